The predicted octanol–water partition coefficient (Wildman–Crippen LogP) is 4.76. The molecular weight excluding hydrogens is 480 g/mol. The number of rotatable bonds is 18. The predicted molar refractivity (Wildman–Crippen MR) is 149 cm³/mol. The number of benzene rings is 1. The molecule has 4 N–H and O–H groups in total. The number of amides is 1. The Balaban J connectivity index is 0.0000122. The van der Waals surface area contributed by atoms with Gasteiger partial charge in [-0.25, -0.2) is 0 Å². The Labute approximate surface area is 225 Å². The Hall–Kier alpha value is -1.54. The van der Waals surface area contributed by atoms with Crippen LogP contribution in [0.4, 0.5) is 0 Å². The highest BCUT2D eigenvalue weighted by Gasteiger charge is 2.28. The molecule has 1 amide bonds. The van der Waals surface area contributed by atoms with Crippen LogP contribution in [-0.2, 0) is 16.0 Å². The van der Waals surface area contributed by atoms with Crippen molar-refractivity contribution in [2.75, 3.05) is 34.0 Å². The van der Waals surface area contributed by atoms with Gasteiger partial charge in [0.15, 0.2) is 11.5 Å². The number of hydrogen-bond acceptors (Lipinski definition) is 6. The van der Waals surface area contributed by atoms with E-state index in [-0.39, 0.29) is 30.8 Å². The third-order valence-corrected chi connectivity index (χ3v) is 6.73. The molecule has 0 radical (unpaired) electrons. The first-order valence-corrected chi connectivity index (χ1v) is 13.1. The molecule has 0 aliphatic heterocycles. The van der Waals surface area contributed by atoms with Crippen molar-refractivity contribution in [2.45, 2.75) is 85.3 Å². The molecule has 0 saturated carbocycles. The molecule has 36 heavy (non-hydrogen) atoms. The van der Waals surface area contributed by atoms with Gasteiger partial charge in [-0.2, -0.15) is 0 Å². The fraction of sp³-hybridized carbons (Fsp3) is 0.750. The number of unbranched alkanes of at least 4 members (excludes halogenated alkanes) is 1. The van der Waals surface area contributed by atoms with Gasteiger partial charge in [0.05, 0.1) is 19.8 Å². The van der Waals surface area contributed by atoms with Gasteiger partial charge < -0.3 is 30.4 Å². The minimum Gasteiger partial charge on any atom is -0.493 e. The summed E-state index contributed by atoms with van der Waals surface area (Å²) in [7, 11) is 3.31. The SMILES string of the molecule is CCCCC(C)(C)C(=O)NCC(O)C(N)CC(Cc1ccc(OC)c(OCCCOC)c1)C(C)C.Cl. The van der Waals surface area contributed by atoms with E-state index in [4.69, 9.17) is 19.9 Å². The fourth-order valence-electron chi connectivity index (χ4n) is 4.07. The van der Waals surface area contributed by atoms with Gasteiger partial charge >= 0.3 is 0 Å². The number of ether oxygens (including phenoxy) is 3. The van der Waals surface area contributed by atoms with Gasteiger partial charge in [0.1, 0.15) is 0 Å². The van der Waals surface area contributed by atoms with Gasteiger partial charge in [0.25, 0.3) is 0 Å². The molecule has 7 nitrogen and oxygen atoms in total. The fourth-order valence-corrected chi connectivity index (χ4v) is 4.07. The van der Waals surface area contributed by atoms with Crippen molar-refractivity contribution in [1.29, 1.82) is 0 Å². The number of carbonyl (C=O) groups is 1. The second-order valence-electron chi connectivity index (χ2n) is 10.6. The van der Waals surface area contributed by atoms with Crippen LogP contribution in [0.15, 0.2) is 18.2 Å². The summed E-state index contributed by atoms with van der Waals surface area (Å²) in [5.41, 5.74) is 7.09. The van der Waals surface area contributed by atoms with Crippen LogP contribution in [0.25, 0.3) is 0 Å². The van der Waals surface area contributed by atoms with Crippen molar-refractivity contribution in [3.63, 3.8) is 0 Å². The average molecular weight is 531 g/mol. The number of aliphatic hydroxyl groups excluding tert-OH is 1. The minimum absolute atomic E-state index is 0. The molecule has 0 spiro atoms. The lowest BCUT2D eigenvalue weighted by molar-refractivity contribution is -0.130. The zero-order valence-corrected chi connectivity index (χ0v) is 24.3. The lowest BCUT2D eigenvalue weighted by atomic mass is 9.83. The summed E-state index contributed by atoms with van der Waals surface area (Å²) in [6.07, 6.45) is 4.36. The summed E-state index contributed by atoms with van der Waals surface area (Å²) in [6.45, 7) is 11.7. The summed E-state index contributed by atoms with van der Waals surface area (Å²) in [5.74, 6) is 2.04. The van der Waals surface area contributed by atoms with E-state index < -0.39 is 17.6 Å². The summed E-state index contributed by atoms with van der Waals surface area (Å²) in [5, 5.41) is 13.6. The summed E-state index contributed by atoms with van der Waals surface area (Å²) < 4.78 is 16.5. The highest BCUT2D eigenvalue weighted by molar-refractivity contribution is 5.85. The van der Waals surface area contributed by atoms with Gasteiger partial charge in [-0.3, -0.25) is 4.79 Å². The number of halogens is 1. The molecule has 3 atom stereocenters. The standard InChI is InChI=1S/C28H50N2O5.ClH/c1-8-9-13-28(4,5)27(32)30-19-24(31)23(29)18-22(20(2)3)16-21-11-12-25(34-7)26(17-21)35-15-10-14-33-6;/h11-12,17,20,22-24,31H,8-10,13-16,18-19,29H2,1-7H3,(H,30,32);1H. The van der Waals surface area contributed by atoms with Crippen LogP contribution in [0.1, 0.15) is 72.3 Å². The molecule has 1 aromatic rings. The Morgan fingerprint density at radius 2 is 1.83 bits per heavy atom. The lowest BCUT2D eigenvalue weighted by Crippen LogP contribution is -2.47. The van der Waals surface area contributed by atoms with Crippen molar-refractivity contribution in [2.24, 2.45) is 23.0 Å². The molecule has 1 rings (SSSR count). The number of carbonyl (C=O) groups excluding carboxylic acids is 1. The molecule has 0 bridgehead atoms. The Morgan fingerprint density at radius 3 is 2.42 bits per heavy atom. The largest absolute Gasteiger partial charge is 0.493 e. The van der Waals surface area contributed by atoms with Gasteiger partial charge in [0, 0.05) is 38.1 Å². The first kappa shape index (κ1) is 34.5. The maximum Gasteiger partial charge on any atom is 0.225 e. The van der Waals surface area contributed by atoms with Crippen molar-refractivity contribution in [3.8, 4) is 11.5 Å². The second-order valence-corrected chi connectivity index (χ2v) is 10.6. The Kier molecular flexibility index (Phi) is 17.1. The molecule has 8 heteroatoms. The molecule has 0 aromatic heterocycles. The third kappa shape index (κ3) is 12.1. The lowest BCUT2D eigenvalue weighted by Gasteiger charge is -2.29. The van der Waals surface area contributed by atoms with E-state index in [1.54, 1.807) is 14.2 Å². The number of aliphatic hydroxyl groups is 1. The molecule has 0 fully saturated rings. The molecule has 0 aliphatic rings. The maximum absolute atomic E-state index is 12.6. The number of hydrogen-bond donors (Lipinski definition) is 3. The minimum atomic E-state index is -0.794. The highest BCUT2D eigenvalue weighted by Crippen LogP contribution is 2.31. The molecular formula is C28H51ClN2O5. The van der Waals surface area contributed by atoms with Gasteiger partial charge in [-0.1, -0.05) is 53.5 Å². The van der Waals surface area contributed by atoms with Gasteiger partial charge in [0.2, 0.25) is 5.91 Å². The van der Waals surface area contributed by atoms with E-state index in [0.717, 1.165) is 43.4 Å². The molecule has 210 valence electrons. The highest BCUT2D eigenvalue weighted by atomic mass is 35.5. The Bertz CT molecular complexity index is 745. The molecule has 1 aromatic carbocycles. The van der Waals surface area contributed by atoms with Crippen LogP contribution >= 0.6 is 12.4 Å². The monoisotopic (exact) mass is 530 g/mol. The smallest absolute Gasteiger partial charge is 0.225 e. The summed E-state index contributed by atoms with van der Waals surface area (Å²) in [6, 6.07) is 5.59. The molecule has 0 aliphatic carbocycles. The normalized spacial score (nSPS) is 14.1. The van der Waals surface area contributed by atoms with Crippen LogP contribution in [-0.4, -0.2) is 57.1 Å². The topological polar surface area (TPSA) is 103 Å². The van der Waals surface area contributed by atoms with E-state index in [9.17, 15) is 9.90 Å². The average Bonchev–Trinajstić information content (AvgIpc) is 2.83. The van der Waals surface area contributed by atoms with E-state index >= 15 is 0 Å². The van der Waals surface area contributed by atoms with Crippen LogP contribution in [0.2, 0.25) is 0 Å². The molecule has 0 saturated heterocycles. The van der Waals surface area contributed by atoms with E-state index in [0.29, 0.717) is 31.3 Å². The van der Waals surface area contributed by atoms with Crippen LogP contribution in [0.3, 0.4) is 0 Å². The third-order valence-electron chi connectivity index (χ3n) is 6.73. The van der Waals surface area contributed by atoms with Crippen LogP contribution in [0.5, 0.6) is 11.5 Å². The maximum atomic E-state index is 12.6. The first-order valence-electron chi connectivity index (χ1n) is 13.1. The Morgan fingerprint density at radius 1 is 1.14 bits per heavy atom. The van der Waals surface area contributed by atoms with E-state index in [1.165, 1.54) is 0 Å². The van der Waals surface area contributed by atoms with Gasteiger partial charge in [-0.05, 0) is 48.8 Å². The second kappa shape index (κ2) is 17.8. The molecule has 0 heterocycles. The number of nitrogens with one attached hydrogen (secondary N) is 1. The first-order chi connectivity index (χ1) is 16.5. The van der Waals surface area contributed by atoms with Crippen molar-refractivity contribution >= 4 is 18.3 Å². The zero-order chi connectivity index (χ0) is 26.4. The summed E-state index contributed by atoms with van der Waals surface area (Å²) in [4.78, 5) is 12.6. The van der Waals surface area contributed by atoms with E-state index in [2.05, 4.69) is 32.2 Å². The number of methoxy groups -OCH3 is 2. The quantitative estimate of drug-likeness (QED) is 0.236. The van der Waals surface area contributed by atoms with E-state index in [1.807, 2.05) is 26.0 Å². The zero-order valence-electron chi connectivity index (χ0n) is 23.5. The summed E-state index contributed by atoms with van der Waals surface area (Å²) >= 11 is 0. The molecule has 3 unspecified atom stereocenters. The van der Waals surface area contributed by atoms with Crippen LogP contribution in [0, 0.1) is 17.3 Å². The van der Waals surface area contributed by atoms with Gasteiger partial charge in [-0.15, -0.1) is 12.4 Å². The van der Waals surface area contributed by atoms with Crippen molar-refractivity contribution < 1.29 is 24.1 Å². The van der Waals surface area contributed by atoms with Crippen LogP contribution < -0.4 is 20.5 Å². The van der Waals surface area contributed by atoms with Crippen molar-refractivity contribution in [3.05, 3.63) is 23.8 Å². The van der Waals surface area contributed by atoms with Crippen molar-refractivity contribution in [1.82, 2.24) is 5.32 Å². The number of nitrogens with two attached hydrogens (primary N) is 1.